The largest absolute Gasteiger partial charge is 0.394 e. The first-order chi connectivity index (χ1) is 8.84. The molecule has 0 radical (unpaired) electrons. The normalized spacial score (nSPS) is 14.8. The average Bonchev–Trinajstić information content (AvgIpc) is 2.37. The Morgan fingerprint density at radius 1 is 1.32 bits per heavy atom. The summed E-state index contributed by atoms with van der Waals surface area (Å²) in [4.78, 5) is 12.0. The third-order valence-electron chi connectivity index (χ3n) is 3.11. The predicted molar refractivity (Wildman–Crippen MR) is 76.6 cm³/mol. The summed E-state index contributed by atoms with van der Waals surface area (Å²) in [7, 11) is 0. The van der Waals surface area contributed by atoms with Crippen LogP contribution >= 0.6 is 0 Å². The molecule has 1 aromatic carbocycles. The molecule has 0 unspecified atom stereocenters. The molecule has 0 aliphatic rings. The zero-order valence-electron chi connectivity index (χ0n) is 11.9. The summed E-state index contributed by atoms with van der Waals surface area (Å²) in [6.45, 7) is 5.66. The second kappa shape index (κ2) is 6.68. The lowest BCUT2D eigenvalue weighted by atomic mass is 9.86. The summed E-state index contributed by atoms with van der Waals surface area (Å²) in [6.07, 6.45) is 0.597. The number of benzene rings is 1. The van der Waals surface area contributed by atoms with Crippen LogP contribution in [0.1, 0.15) is 26.3 Å². The number of nitrogens with one attached hydrogen (secondary N) is 1. The number of carbonyl (C=O) groups is 1. The van der Waals surface area contributed by atoms with Crippen molar-refractivity contribution in [2.45, 2.75) is 39.3 Å². The lowest BCUT2D eigenvalue weighted by Crippen LogP contribution is -2.52. The van der Waals surface area contributed by atoms with Crippen LogP contribution in [0.25, 0.3) is 0 Å². The van der Waals surface area contributed by atoms with Crippen molar-refractivity contribution in [1.29, 1.82) is 0 Å². The molecule has 4 nitrogen and oxygen atoms in total. The van der Waals surface area contributed by atoms with Gasteiger partial charge in [-0.05, 0) is 17.4 Å². The summed E-state index contributed by atoms with van der Waals surface area (Å²) >= 11 is 0. The van der Waals surface area contributed by atoms with Crippen LogP contribution in [0.3, 0.4) is 0 Å². The van der Waals surface area contributed by atoms with E-state index in [0.29, 0.717) is 6.42 Å². The molecule has 4 N–H and O–H groups in total. The standard InChI is InChI=1S/C15H24N2O2/c1-15(2,3)13(16)14(19)17-12(10-18)9-11-7-5-4-6-8-11/h4-8,12-13,18H,9-10,16H2,1-3H3,(H,17,19)/t12-,13-/m1/s1. The zero-order chi connectivity index (χ0) is 14.5. The van der Waals surface area contributed by atoms with Gasteiger partial charge in [-0.2, -0.15) is 0 Å². The highest BCUT2D eigenvalue weighted by atomic mass is 16.3. The van der Waals surface area contributed by atoms with Gasteiger partial charge in [-0.1, -0.05) is 51.1 Å². The third kappa shape index (κ3) is 5.01. The van der Waals surface area contributed by atoms with Gasteiger partial charge in [-0.25, -0.2) is 0 Å². The summed E-state index contributed by atoms with van der Waals surface area (Å²) < 4.78 is 0. The molecule has 0 spiro atoms. The van der Waals surface area contributed by atoms with Gasteiger partial charge in [0.15, 0.2) is 0 Å². The molecule has 1 rings (SSSR count). The second-order valence-corrected chi connectivity index (χ2v) is 5.92. The van der Waals surface area contributed by atoms with Crippen molar-refractivity contribution in [3.05, 3.63) is 35.9 Å². The van der Waals surface area contributed by atoms with E-state index in [-0.39, 0.29) is 24.0 Å². The minimum atomic E-state index is -0.586. The number of carbonyl (C=O) groups excluding carboxylic acids is 1. The average molecular weight is 264 g/mol. The van der Waals surface area contributed by atoms with Gasteiger partial charge in [-0.15, -0.1) is 0 Å². The van der Waals surface area contributed by atoms with Crippen LogP contribution in [-0.4, -0.2) is 29.7 Å². The highest BCUT2D eigenvalue weighted by Gasteiger charge is 2.28. The predicted octanol–water partition coefficient (Wildman–Crippen LogP) is 1.08. The molecule has 0 aliphatic heterocycles. The van der Waals surface area contributed by atoms with Crippen LogP contribution in [0.4, 0.5) is 0 Å². The Kier molecular flexibility index (Phi) is 5.51. The van der Waals surface area contributed by atoms with Crippen molar-refractivity contribution in [1.82, 2.24) is 5.32 Å². The van der Waals surface area contributed by atoms with Crippen LogP contribution in [0, 0.1) is 5.41 Å². The maximum absolute atomic E-state index is 12.0. The molecule has 1 aromatic rings. The summed E-state index contributed by atoms with van der Waals surface area (Å²) in [6, 6.07) is 8.86. The Morgan fingerprint density at radius 3 is 2.37 bits per heavy atom. The SMILES string of the molecule is CC(C)(C)[C@H](N)C(=O)N[C@@H](CO)Cc1ccccc1. The van der Waals surface area contributed by atoms with E-state index in [9.17, 15) is 9.90 Å². The first kappa shape index (κ1) is 15.7. The molecular weight excluding hydrogens is 240 g/mol. The van der Waals surface area contributed by atoms with Crippen LogP contribution in [0.5, 0.6) is 0 Å². The number of rotatable bonds is 5. The van der Waals surface area contributed by atoms with E-state index in [4.69, 9.17) is 5.73 Å². The number of hydrogen-bond acceptors (Lipinski definition) is 3. The Bertz CT molecular complexity index is 398. The summed E-state index contributed by atoms with van der Waals surface area (Å²) in [5.74, 6) is -0.220. The summed E-state index contributed by atoms with van der Waals surface area (Å²) in [5.41, 5.74) is 6.68. The molecule has 0 heterocycles. The quantitative estimate of drug-likeness (QED) is 0.745. The van der Waals surface area contributed by atoms with Crippen molar-refractivity contribution in [3.63, 3.8) is 0 Å². The molecule has 2 atom stereocenters. The smallest absolute Gasteiger partial charge is 0.237 e. The number of hydrogen-bond donors (Lipinski definition) is 3. The van der Waals surface area contributed by atoms with Crippen LogP contribution in [0.15, 0.2) is 30.3 Å². The number of amides is 1. The lowest BCUT2D eigenvalue weighted by Gasteiger charge is -2.28. The highest BCUT2D eigenvalue weighted by Crippen LogP contribution is 2.17. The van der Waals surface area contributed by atoms with E-state index >= 15 is 0 Å². The fraction of sp³-hybridized carbons (Fsp3) is 0.533. The van der Waals surface area contributed by atoms with E-state index in [0.717, 1.165) is 5.56 Å². The van der Waals surface area contributed by atoms with Gasteiger partial charge >= 0.3 is 0 Å². The molecule has 0 saturated heterocycles. The number of aliphatic hydroxyl groups is 1. The van der Waals surface area contributed by atoms with Gasteiger partial charge in [-0.3, -0.25) is 4.79 Å². The van der Waals surface area contributed by atoms with E-state index in [2.05, 4.69) is 5.32 Å². The van der Waals surface area contributed by atoms with Crippen molar-refractivity contribution in [2.75, 3.05) is 6.61 Å². The second-order valence-electron chi connectivity index (χ2n) is 5.92. The number of nitrogens with two attached hydrogens (primary N) is 1. The Balaban J connectivity index is 2.60. The molecule has 0 fully saturated rings. The van der Waals surface area contributed by atoms with Crippen molar-refractivity contribution in [2.24, 2.45) is 11.1 Å². The molecule has 106 valence electrons. The van der Waals surface area contributed by atoms with Crippen molar-refractivity contribution in [3.8, 4) is 0 Å². The molecule has 0 aromatic heterocycles. The lowest BCUT2D eigenvalue weighted by molar-refractivity contribution is -0.125. The van der Waals surface area contributed by atoms with Gasteiger partial charge < -0.3 is 16.2 Å². The minimum absolute atomic E-state index is 0.0997. The Hall–Kier alpha value is -1.39. The number of aliphatic hydroxyl groups excluding tert-OH is 1. The Morgan fingerprint density at radius 2 is 1.89 bits per heavy atom. The van der Waals surface area contributed by atoms with E-state index in [1.807, 2.05) is 51.1 Å². The van der Waals surface area contributed by atoms with Crippen molar-refractivity contribution >= 4 is 5.91 Å². The maximum atomic E-state index is 12.0. The molecule has 4 heteroatoms. The van der Waals surface area contributed by atoms with Gasteiger partial charge in [0.25, 0.3) is 0 Å². The molecule has 0 saturated carbocycles. The maximum Gasteiger partial charge on any atom is 0.237 e. The first-order valence-electron chi connectivity index (χ1n) is 6.55. The van der Waals surface area contributed by atoms with Gasteiger partial charge in [0.05, 0.1) is 18.7 Å². The van der Waals surface area contributed by atoms with Crippen LogP contribution < -0.4 is 11.1 Å². The molecule has 0 aliphatic carbocycles. The van der Waals surface area contributed by atoms with Gasteiger partial charge in [0.1, 0.15) is 0 Å². The van der Waals surface area contributed by atoms with Gasteiger partial charge in [0, 0.05) is 0 Å². The first-order valence-corrected chi connectivity index (χ1v) is 6.55. The van der Waals surface area contributed by atoms with E-state index in [1.165, 1.54) is 0 Å². The molecular formula is C15H24N2O2. The van der Waals surface area contributed by atoms with Crippen molar-refractivity contribution < 1.29 is 9.90 Å². The minimum Gasteiger partial charge on any atom is -0.394 e. The topological polar surface area (TPSA) is 75.4 Å². The fourth-order valence-corrected chi connectivity index (χ4v) is 1.74. The molecule has 1 amide bonds. The van der Waals surface area contributed by atoms with Crippen LogP contribution in [-0.2, 0) is 11.2 Å². The third-order valence-corrected chi connectivity index (χ3v) is 3.11. The monoisotopic (exact) mass is 264 g/mol. The highest BCUT2D eigenvalue weighted by molar-refractivity contribution is 5.82. The van der Waals surface area contributed by atoms with E-state index in [1.54, 1.807) is 0 Å². The van der Waals surface area contributed by atoms with Crippen LogP contribution in [0.2, 0.25) is 0 Å². The summed E-state index contributed by atoms with van der Waals surface area (Å²) in [5, 5.41) is 12.2. The molecule has 0 bridgehead atoms. The Labute approximate surface area is 115 Å². The van der Waals surface area contributed by atoms with E-state index < -0.39 is 6.04 Å². The molecule has 19 heavy (non-hydrogen) atoms. The zero-order valence-corrected chi connectivity index (χ0v) is 11.9. The van der Waals surface area contributed by atoms with Gasteiger partial charge in [0.2, 0.25) is 5.91 Å². The fourth-order valence-electron chi connectivity index (χ4n) is 1.74.